The molecule has 0 aliphatic rings. The lowest BCUT2D eigenvalue weighted by atomic mass is 10.0. The standard InChI is InChI=1S/C18H22FN3O4/c19-14-10-13(6-7-15(14)22-20)17(24)16(23)8-9-21-18(25)26-11-12-4-2-1-3-5-12/h1-7,10,16-17,22-24H,8-9,11,20H2,(H,21,25). The summed E-state index contributed by atoms with van der Waals surface area (Å²) in [5.41, 5.74) is 3.33. The molecule has 26 heavy (non-hydrogen) atoms. The molecule has 140 valence electrons. The Bertz CT molecular complexity index is 715. The maximum atomic E-state index is 13.6. The quantitative estimate of drug-likeness (QED) is 0.361. The van der Waals surface area contributed by atoms with Crippen LogP contribution in [0.5, 0.6) is 0 Å². The summed E-state index contributed by atoms with van der Waals surface area (Å²) >= 11 is 0. The number of anilines is 1. The first kappa shape index (κ1) is 19.6. The van der Waals surface area contributed by atoms with E-state index < -0.39 is 24.1 Å². The number of benzene rings is 2. The SMILES string of the molecule is NNc1ccc(C(O)C(O)CCNC(=O)OCc2ccccc2)cc1F. The molecule has 6 N–H and O–H groups in total. The number of carbonyl (C=O) groups is 1. The lowest BCUT2D eigenvalue weighted by Crippen LogP contribution is -2.29. The molecule has 0 aromatic heterocycles. The molecule has 0 heterocycles. The number of nitrogens with two attached hydrogens (primary N) is 1. The van der Waals surface area contributed by atoms with Gasteiger partial charge in [0, 0.05) is 6.54 Å². The number of halogens is 1. The monoisotopic (exact) mass is 363 g/mol. The van der Waals surface area contributed by atoms with Gasteiger partial charge in [-0.15, -0.1) is 0 Å². The molecule has 2 rings (SSSR count). The molecule has 0 aliphatic heterocycles. The third-order valence-corrected chi connectivity index (χ3v) is 3.78. The van der Waals surface area contributed by atoms with E-state index >= 15 is 0 Å². The number of aliphatic hydroxyl groups is 2. The number of hydrogen-bond donors (Lipinski definition) is 5. The zero-order valence-electron chi connectivity index (χ0n) is 14.1. The Morgan fingerprint density at radius 1 is 1.19 bits per heavy atom. The van der Waals surface area contributed by atoms with Gasteiger partial charge in [-0.05, 0) is 29.7 Å². The molecule has 0 bridgehead atoms. The highest BCUT2D eigenvalue weighted by molar-refractivity contribution is 5.67. The fourth-order valence-corrected chi connectivity index (χ4v) is 2.31. The highest BCUT2D eigenvalue weighted by Gasteiger charge is 2.19. The highest BCUT2D eigenvalue weighted by atomic mass is 19.1. The molecule has 2 aromatic carbocycles. The fourth-order valence-electron chi connectivity index (χ4n) is 2.31. The first-order chi connectivity index (χ1) is 12.5. The van der Waals surface area contributed by atoms with Crippen molar-refractivity contribution in [2.45, 2.75) is 25.2 Å². The zero-order chi connectivity index (χ0) is 18.9. The van der Waals surface area contributed by atoms with Crippen LogP contribution >= 0.6 is 0 Å². The number of hydrazine groups is 1. The average Bonchev–Trinajstić information content (AvgIpc) is 2.66. The predicted molar refractivity (Wildman–Crippen MR) is 94.4 cm³/mol. The molecule has 0 radical (unpaired) electrons. The van der Waals surface area contributed by atoms with Crippen LogP contribution in [-0.4, -0.2) is 29.0 Å². The second kappa shape index (κ2) is 9.71. The van der Waals surface area contributed by atoms with E-state index in [9.17, 15) is 19.4 Å². The van der Waals surface area contributed by atoms with Gasteiger partial charge in [0.1, 0.15) is 18.5 Å². The Morgan fingerprint density at radius 2 is 1.92 bits per heavy atom. The lowest BCUT2D eigenvalue weighted by Gasteiger charge is -2.19. The molecule has 0 spiro atoms. The normalized spacial score (nSPS) is 12.9. The van der Waals surface area contributed by atoms with Crippen LogP contribution < -0.4 is 16.6 Å². The smallest absolute Gasteiger partial charge is 0.407 e. The van der Waals surface area contributed by atoms with Crippen LogP contribution in [0.3, 0.4) is 0 Å². The highest BCUT2D eigenvalue weighted by Crippen LogP contribution is 2.23. The molecular formula is C18H22FN3O4. The number of alkyl carbamates (subject to hydrolysis) is 1. The minimum absolute atomic E-state index is 0.0696. The van der Waals surface area contributed by atoms with E-state index in [0.29, 0.717) is 0 Å². The van der Waals surface area contributed by atoms with Crippen LogP contribution in [0.1, 0.15) is 23.7 Å². The summed E-state index contributed by atoms with van der Waals surface area (Å²) in [5, 5.41) is 22.6. The summed E-state index contributed by atoms with van der Waals surface area (Å²) in [6.07, 6.45) is -3.03. The molecule has 0 saturated carbocycles. The lowest BCUT2D eigenvalue weighted by molar-refractivity contribution is 0.0135. The van der Waals surface area contributed by atoms with Crippen LogP contribution in [0.4, 0.5) is 14.9 Å². The molecule has 2 unspecified atom stereocenters. The topological polar surface area (TPSA) is 117 Å². The van der Waals surface area contributed by atoms with Gasteiger partial charge in [0.25, 0.3) is 0 Å². The first-order valence-corrected chi connectivity index (χ1v) is 8.08. The third-order valence-electron chi connectivity index (χ3n) is 3.78. The van der Waals surface area contributed by atoms with E-state index in [2.05, 4.69) is 10.7 Å². The number of ether oxygens (including phenoxy) is 1. The Balaban J connectivity index is 1.74. The number of hydrogen-bond acceptors (Lipinski definition) is 6. The van der Waals surface area contributed by atoms with Gasteiger partial charge in [-0.2, -0.15) is 0 Å². The van der Waals surface area contributed by atoms with E-state index in [0.717, 1.165) is 11.6 Å². The average molecular weight is 363 g/mol. The van der Waals surface area contributed by atoms with Crippen LogP contribution in [0.15, 0.2) is 48.5 Å². The van der Waals surface area contributed by atoms with Crippen molar-refractivity contribution in [3.63, 3.8) is 0 Å². The van der Waals surface area contributed by atoms with E-state index in [1.54, 1.807) is 0 Å². The van der Waals surface area contributed by atoms with Crippen LogP contribution in [-0.2, 0) is 11.3 Å². The maximum Gasteiger partial charge on any atom is 0.407 e. The molecule has 0 fully saturated rings. The molecule has 7 nitrogen and oxygen atoms in total. The minimum Gasteiger partial charge on any atom is -0.445 e. The number of aliphatic hydroxyl groups excluding tert-OH is 2. The largest absolute Gasteiger partial charge is 0.445 e. The summed E-state index contributed by atoms with van der Waals surface area (Å²) in [6.45, 7) is 0.232. The van der Waals surface area contributed by atoms with Crippen LogP contribution in [0.2, 0.25) is 0 Å². The van der Waals surface area contributed by atoms with Gasteiger partial charge >= 0.3 is 6.09 Å². The summed E-state index contributed by atoms with van der Waals surface area (Å²) in [5.74, 6) is 4.50. The van der Waals surface area contributed by atoms with Gasteiger partial charge in [-0.25, -0.2) is 9.18 Å². The van der Waals surface area contributed by atoms with Gasteiger partial charge in [-0.1, -0.05) is 36.4 Å². The van der Waals surface area contributed by atoms with Crippen molar-refractivity contribution in [1.82, 2.24) is 5.32 Å². The second-order valence-electron chi connectivity index (χ2n) is 5.67. The summed E-state index contributed by atoms with van der Waals surface area (Å²) in [4.78, 5) is 11.6. The van der Waals surface area contributed by atoms with Gasteiger partial charge in [0.05, 0.1) is 11.8 Å². The Hall–Kier alpha value is -2.68. The molecule has 2 atom stereocenters. The van der Waals surface area contributed by atoms with Gasteiger partial charge in [0.2, 0.25) is 0 Å². The van der Waals surface area contributed by atoms with E-state index in [4.69, 9.17) is 10.6 Å². The first-order valence-electron chi connectivity index (χ1n) is 8.08. The number of rotatable bonds is 8. The molecule has 1 amide bonds. The van der Waals surface area contributed by atoms with E-state index in [1.807, 2.05) is 30.3 Å². The van der Waals surface area contributed by atoms with Crippen LogP contribution in [0.25, 0.3) is 0 Å². The Kier molecular flexibility index (Phi) is 7.34. The summed E-state index contributed by atoms with van der Waals surface area (Å²) in [6, 6.07) is 13.1. The molecule has 8 heteroatoms. The van der Waals surface area contributed by atoms with Crippen molar-refractivity contribution in [1.29, 1.82) is 0 Å². The fraction of sp³-hybridized carbons (Fsp3) is 0.278. The van der Waals surface area contributed by atoms with Crippen molar-refractivity contribution in [3.05, 3.63) is 65.5 Å². The Labute approximate surface area is 150 Å². The summed E-state index contributed by atoms with van der Waals surface area (Å²) in [7, 11) is 0. The molecule has 0 saturated heterocycles. The van der Waals surface area contributed by atoms with Gasteiger partial charge in [0.15, 0.2) is 0 Å². The number of amides is 1. The van der Waals surface area contributed by atoms with Gasteiger partial charge < -0.3 is 25.7 Å². The van der Waals surface area contributed by atoms with Crippen molar-refractivity contribution >= 4 is 11.8 Å². The number of nitrogens with one attached hydrogen (secondary N) is 2. The predicted octanol–water partition coefficient (Wildman–Crippen LogP) is 1.82. The molecule has 2 aromatic rings. The van der Waals surface area contributed by atoms with Crippen molar-refractivity contribution in [2.24, 2.45) is 5.84 Å². The van der Waals surface area contributed by atoms with E-state index in [1.165, 1.54) is 12.1 Å². The van der Waals surface area contributed by atoms with Crippen molar-refractivity contribution in [2.75, 3.05) is 12.0 Å². The Morgan fingerprint density at radius 3 is 2.58 bits per heavy atom. The number of nitrogen functional groups attached to an aromatic ring is 1. The second-order valence-corrected chi connectivity index (χ2v) is 5.67. The van der Waals surface area contributed by atoms with Crippen molar-refractivity contribution in [3.8, 4) is 0 Å². The molecular weight excluding hydrogens is 341 g/mol. The van der Waals surface area contributed by atoms with Crippen LogP contribution in [0, 0.1) is 5.82 Å². The summed E-state index contributed by atoms with van der Waals surface area (Å²) < 4.78 is 18.7. The minimum atomic E-state index is -1.29. The third kappa shape index (κ3) is 5.69. The number of carbonyl (C=O) groups excluding carboxylic acids is 1. The van der Waals surface area contributed by atoms with E-state index in [-0.39, 0.29) is 30.8 Å². The van der Waals surface area contributed by atoms with Gasteiger partial charge in [-0.3, -0.25) is 5.84 Å². The zero-order valence-corrected chi connectivity index (χ0v) is 14.1. The molecule has 0 aliphatic carbocycles. The van der Waals surface area contributed by atoms with Crippen molar-refractivity contribution < 1.29 is 24.1 Å². The maximum absolute atomic E-state index is 13.6.